The van der Waals surface area contributed by atoms with Crippen molar-refractivity contribution in [1.29, 1.82) is 0 Å². The molecule has 0 aliphatic rings. The molecule has 0 saturated heterocycles. The summed E-state index contributed by atoms with van der Waals surface area (Å²) in [4.78, 5) is 23.9. The molecule has 0 aliphatic heterocycles. The molecular formula is C18H18ClFN2O3. The fourth-order valence-corrected chi connectivity index (χ4v) is 2.20. The van der Waals surface area contributed by atoms with Gasteiger partial charge in [-0.3, -0.25) is 10.1 Å². The molecule has 2 N–H and O–H groups in total. The Labute approximate surface area is 150 Å². The molecule has 0 fully saturated rings. The summed E-state index contributed by atoms with van der Waals surface area (Å²) < 4.78 is 18.1. The lowest BCUT2D eigenvalue weighted by molar-refractivity contribution is 0.102. The summed E-state index contributed by atoms with van der Waals surface area (Å²) >= 11 is 5.88. The Kier molecular flexibility index (Phi) is 6.36. The van der Waals surface area contributed by atoms with Crippen LogP contribution in [0.25, 0.3) is 0 Å². The highest BCUT2D eigenvalue weighted by molar-refractivity contribution is 6.34. The quantitative estimate of drug-likeness (QED) is 0.789. The summed E-state index contributed by atoms with van der Waals surface area (Å²) in [6, 6.07) is 10.1. The first kappa shape index (κ1) is 18.7. The standard InChI is InChI=1S/C18H18ClFN2O3/c1-11(2)10-25-18(24)22-14-5-3-4-13(9-14)21-17(23)15-7-6-12(20)8-16(15)19/h3-9,11H,10H2,1-2H3,(H,21,23)(H,22,24). The number of carbonyl (C=O) groups is 2. The first-order valence-electron chi connectivity index (χ1n) is 7.65. The van der Waals surface area contributed by atoms with Crippen molar-refractivity contribution in [3.63, 3.8) is 0 Å². The molecule has 2 aromatic rings. The van der Waals surface area contributed by atoms with Crippen LogP contribution >= 0.6 is 11.6 Å². The van der Waals surface area contributed by atoms with Crippen molar-refractivity contribution in [3.8, 4) is 0 Å². The third kappa shape index (κ3) is 5.76. The number of carbonyl (C=O) groups excluding carboxylic acids is 2. The largest absolute Gasteiger partial charge is 0.449 e. The van der Waals surface area contributed by atoms with E-state index in [1.165, 1.54) is 6.07 Å². The molecule has 132 valence electrons. The van der Waals surface area contributed by atoms with Crippen LogP contribution in [-0.2, 0) is 4.74 Å². The fraction of sp³-hybridized carbons (Fsp3) is 0.222. The molecule has 2 aromatic carbocycles. The lowest BCUT2D eigenvalue weighted by Crippen LogP contribution is -2.17. The van der Waals surface area contributed by atoms with Crippen LogP contribution in [0.3, 0.4) is 0 Å². The molecule has 2 rings (SSSR count). The van der Waals surface area contributed by atoms with E-state index >= 15 is 0 Å². The number of ether oxygens (including phenoxy) is 1. The number of anilines is 2. The lowest BCUT2D eigenvalue weighted by Gasteiger charge is -2.11. The van der Waals surface area contributed by atoms with E-state index < -0.39 is 17.8 Å². The van der Waals surface area contributed by atoms with Gasteiger partial charge < -0.3 is 10.1 Å². The molecule has 0 aromatic heterocycles. The number of hydrogen-bond acceptors (Lipinski definition) is 3. The van der Waals surface area contributed by atoms with Crippen molar-refractivity contribution in [2.75, 3.05) is 17.2 Å². The van der Waals surface area contributed by atoms with Gasteiger partial charge in [0.05, 0.1) is 17.2 Å². The zero-order chi connectivity index (χ0) is 18.4. The minimum atomic E-state index is -0.571. The second kappa shape index (κ2) is 8.48. The van der Waals surface area contributed by atoms with Crippen molar-refractivity contribution in [2.24, 2.45) is 5.92 Å². The second-order valence-electron chi connectivity index (χ2n) is 5.78. The Balaban J connectivity index is 2.03. The summed E-state index contributed by atoms with van der Waals surface area (Å²) in [6.45, 7) is 4.18. The molecule has 0 aliphatic carbocycles. The maximum Gasteiger partial charge on any atom is 0.411 e. The third-order valence-electron chi connectivity index (χ3n) is 3.09. The number of amides is 2. The summed E-state index contributed by atoms with van der Waals surface area (Å²) in [6.07, 6.45) is -0.571. The van der Waals surface area contributed by atoms with E-state index in [-0.39, 0.29) is 16.5 Å². The van der Waals surface area contributed by atoms with Gasteiger partial charge in [-0.1, -0.05) is 31.5 Å². The van der Waals surface area contributed by atoms with Gasteiger partial charge in [0.2, 0.25) is 0 Å². The monoisotopic (exact) mass is 364 g/mol. The Hall–Kier alpha value is -2.60. The van der Waals surface area contributed by atoms with Crippen LogP contribution in [0.2, 0.25) is 5.02 Å². The van der Waals surface area contributed by atoms with E-state index in [0.29, 0.717) is 18.0 Å². The second-order valence-corrected chi connectivity index (χ2v) is 6.18. The normalized spacial score (nSPS) is 10.4. The van der Waals surface area contributed by atoms with Crippen LogP contribution in [0.1, 0.15) is 24.2 Å². The third-order valence-corrected chi connectivity index (χ3v) is 3.40. The van der Waals surface area contributed by atoms with E-state index in [1.54, 1.807) is 24.3 Å². The molecular weight excluding hydrogens is 347 g/mol. The zero-order valence-electron chi connectivity index (χ0n) is 13.8. The average Bonchev–Trinajstić information content (AvgIpc) is 2.53. The topological polar surface area (TPSA) is 67.4 Å². The summed E-state index contributed by atoms with van der Waals surface area (Å²) in [5.41, 5.74) is 1.07. The van der Waals surface area contributed by atoms with Crippen molar-refractivity contribution in [3.05, 3.63) is 58.9 Å². The number of hydrogen-bond donors (Lipinski definition) is 2. The minimum Gasteiger partial charge on any atom is -0.449 e. The lowest BCUT2D eigenvalue weighted by atomic mass is 10.2. The number of nitrogens with one attached hydrogen (secondary N) is 2. The Morgan fingerprint density at radius 3 is 2.44 bits per heavy atom. The van der Waals surface area contributed by atoms with Crippen LogP contribution in [0.5, 0.6) is 0 Å². The molecule has 0 saturated carbocycles. The van der Waals surface area contributed by atoms with Crippen molar-refractivity contribution in [2.45, 2.75) is 13.8 Å². The van der Waals surface area contributed by atoms with E-state index in [1.807, 2.05) is 13.8 Å². The molecule has 0 unspecified atom stereocenters. The fourth-order valence-electron chi connectivity index (χ4n) is 1.94. The van der Waals surface area contributed by atoms with Crippen LogP contribution < -0.4 is 10.6 Å². The van der Waals surface area contributed by atoms with Crippen LogP contribution in [0.4, 0.5) is 20.6 Å². The molecule has 0 heterocycles. The van der Waals surface area contributed by atoms with Gasteiger partial charge in [0, 0.05) is 11.4 Å². The molecule has 2 amide bonds. The van der Waals surface area contributed by atoms with Crippen molar-refractivity contribution < 1.29 is 18.7 Å². The average molecular weight is 365 g/mol. The van der Waals surface area contributed by atoms with Gasteiger partial charge in [0.25, 0.3) is 5.91 Å². The summed E-state index contributed by atoms with van der Waals surface area (Å²) in [5, 5.41) is 5.24. The molecule has 0 bridgehead atoms. The van der Waals surface area contributed by atoms with Gasteiger partial charge >= 0.3 is 6.09 Å². The molecule has 0 radical (unpaired) electrons. The van der Waals surface area contributed by atoms with Gasteiger partial charge in [-0.15, -0.1) is 0 Å². The predicted octanol–water partition coefficient (Wildman–Crippen LogP) is 4.94. The molecule has 25 heavy (non-hydrogen) atoms. The van der Waals surface area contributed by atoms with E-state index in [0.717, 1.165) is 12.1 Å². The maximum atomic E-state index is 13.1. The van der Waals surface area contributed by atoms with Gasteiger partial charge in [-0.2, -0.15) is 0 Å². The highest BCUT2D eigenvalue weighted by atomic mass is 35.5. The first-order valence-corrected chi connectivity index (χ1v) is 8.03. The predicted molar refractivity (Wildman–Crippen MR) is 95.6 cm³/mol. The molecule has 7 heteroatoms. The Bertz CT molecular complexity index is 781. The van der Waals surface area contributed by atoms with Crippen molar-refractivity contribution >= 4 is 35.0 Å². The molecule has 5 nitrogen and oxygen atoms in total. The highest BCUT2D eigenvalue weighted by Crippen LogP contribution is 2.20. The molecule has 0 atom stereocenters. The van der Waals surface area contributed by atoms with Gasteiger partial charge in [0.15, 0.2) is 0 Å². The van der Waals surface area contributed by atoms with Gasteiger partial charge in [-0.25, -0.2) is 9.18 Å². The van der Waals surface area contributed by atoms with E-state index in [4.69, 9.17) is 16.3 Å². The van der Waals surface area contributed by atoms with Crippen LogP contribution in [0, 0.1) is 11.7 Å². The van der Waals surface area contributed by atoms with Gasteiger partial charge in [0.1, 0.15) is 5.82 Å². The highest BCUT2D eigenvalue weighted by Gasteiger charge is 2.12. The minimum absolute atomic E-state index is 0.0176. The van der Waals surface area contributed by atoms with Crippen LogP contribution in [0.15, 0.2) is 42.5 Å². The van der Waals surface area contributed by atoms with Gasteiger partial charge in [-0.05, 0) is 42.3 Å². The van der Waals surface area contributed by atoms with Crippen LogP contribution in [-0.4, -0.2) is 18.6 Å². The Morgan fingerprint density at radius 2 is 1.80 bits per heavy atom. The Morgan fingerprint density at radius 1 is 1.12 bits per heavy atom. The maximum absolute atomic E-state index is 13.1. The smallest absolute Gasteiger partial charge is 0.411 e. The first-order chi connectivity index (χ1) is 11.8. The SMILES string of the molecule is CC(C)COC(=O)Nc1cccc(NC(=O)c2ccc(F)cc2Cl)c1. The van der Waals surface area contributed by atoms with E-state index in [9.17, 15) is 14.0 Å². The number of benzene rings is 2. The summed E-state index contributed by atoms with van der Waals surface area (Å²) in [7, 11) is 0. The van der Waals surface area contributed by atoms with Crippen molar-refractivity contribution in [1.82, 2.24) is 0 Å². The van der Waals surface area contributed by atoms with E-state index in [2.05, 4.69) is 10.6 Å². The number of rotatable bonds is 5. The summed E-state index contributed by atoms with van der Waals surface area (Å²) in [5.74, 6) is -0.769. The molecule has 0 spiro atoms. The number of halogens is 2. The zero-order valence-corrected chi connectivity index (χ0v) is 14.6.